The predicted octanol–water partition coefficient (Wildman–Crippen LogP) is 3.13. The van der Waals surface area contributed by atoms with Crippen molar-refractivity contribution in [2.75, 3.05) is 13.2 Å². The molecule has 34 heavy (non-hydrogen) atoms. The van der Waals surface area contributed by atoms with E-state index in [2.05, 4.69) is 10.3 Å². The Morgan fingerprint density at radius 1 is 0.971 bits per heavy atom. The lowest BCUT2D eigenvalue weighted by atomic mass is 10.1. The summed E-state index contributed by atoms with van der Waals surface area (Å²) in [6, 6.07) is 20.8. The van der Waals surface area contributed by atoms with E-state index in [1.54, 1.807) is 30.3 Å². The van der Waals surface area contributed by atoms with Gasteiger partial charge in [-0.25, -0.2) is 23.3 Å². The zero-order valence-corrected chi connectivity index (χ0v) is 19.6. The molecule has 0 unspecified atom stereocenters. The van der Waals surface area contributed by atoms with Gasteiger partial charge in [0.25, 0.3) is 5.91 Å². The number of aromatic nitrogens is 1. The van der Waals surface area contributed by atoms with Crippen LogP contribution in [0.5, 0.6) is 0 Å². The summed E-state index contributed by atoms with van der Waals surface area (Å²) in [4.78, 5) is 29.4. The van der Waals surface area contributed by atoms with Crippen LogP contribution in [0.2, 0.25) is 0 Å². The summed E-state index contributed by atoms with van der Waals surface area (Å²) in [5.74, 6) is -1.05. The van der Waals surface area contributed by atoms with E-state index in [0.717, 1.165) is 15.8 Å². The van der Waals surface area contributed by atoms with Crippen LogP contribution >= 0.6 is 11.3 Å². The topological polar surface area (TPSA) is 128 Å². The lowest BCUT2D eigenvalue weighted by Crippen LogP contribution is -2.30. The molecule has 1 amide bonds. The summed E-state index contributed by atoms with van der Waals surface area (Å²) in [5.41, 5.74) is 2.67. The van der Waals surface area contributed by atoms with E-state index >= 15 is 0 Å². The highest BCUT2D eigenvalue weighted by atomic mass is 32.2. The number of nitrogens with zero attached hydrogens (tertiary/aromatic N) is 1. The molecule has 4 aromatic rings. The zero-order chi connectivity index (χ0) is 24.1. The van der Waals surface area contributed by atoms with Crippen molar-refractivity contribution in [2.24, 2.45) is 5.14 Å². The van der Waals surface area contributed by atoms with Crippen molar-refractivity contribution in [1.82, 2.24) is 10.3 Å². The molecule has 0 atom stereocenters. The van der Waals surface area contributed by atoms with Crippen LogP contribution in [0.15, 0.2) is 77.7 Å². The van der Waals surface area contributed by atoms with Gasteiger partial charge in [0.1, 0.15) is 5.01 Å². The standard InChI is InChI=1S/C24H21N3O5S2/c25-34(30,31)17-11-9-16(10-12-17)13-14-26-22(28)15-32-24(29)19-6-2-1-5-18(19)23-27-20-7-3-4-8-21(20)33-23/h1-12H,13-15H2,(H,26,28)(H2,25,30,31). The van der Waals surface area contributed by atoms with Gasteiger partial charge in [0.05, 0.1) is 20.7 Å². The maximum Gasteiger partial charge on any atom is 0.339 e. The molecule has 1 aromatic heterocycles. The molecular formula is C24H21N3O5S2. The molecule has 3 N–H and O–H groups in total. The van der Waals surface area contributed by atoms with Gasteiger partial charge in [0.2, 0.25) is 10.0 Å². The van der Waals surface area contributed by atoms with E-state index in [-0.39, 0.29) is 4.90 Å². The van der Waals surface area contributed by atoms with Crippen molar-refractivity contribution in [3.63, 3.8) is 0 Å². The van der Waals surface area contributed by atoms with Crippen LogP contribution in [0, 0.1) is 0 Å². The number of esters is 1. The van der Waals surface area contributed by atoms with Gasteiger partial charge in [-0.05, 0) is 42.3 Å². The summed E-state index contributed by atoms with van der Waals surface area (Å²) in [7, 11) is -3.74. The Morgan fingerprint density at radius 2 is 1.68 bits per heavy atom. The molecule has 3 aromatic carbocycles. The van der Waals surface area contributed by atoms with Crippen molar-refractivity contribution in [2.45, 2.75) is 11.3 Å². The Labute approximate surface area is 200 Å². The molecule has 0 saturated heterocycles. The molecule has 0 aliphatic rings. The number of ether oxygens (including phenoxy) is 1. The number of carbonyl (C=O) groups is 2. The molecule has 0 spiro atoms. The Hall–Kier alpha value is -3.60. The third kappa shape index (κ3) is 5.66. The fourth-order valence-corrected chi connectivity index (χ4v) is 4.81. The summed E-state index contributed by atoms with van der Waals surface area (Å²) >= 11 is 1.48. The first-order valence-electron chi connectivity index (χ1n) is 10.3. The van der Waals surface area contributed by atoms with Gasteiger partial charge in [0.15, 0.2) is 6.61 Å². The third-order valence-electron chi connectivity index (χ3n) is 4.99. The SMILES string of the molecule is NS(=O)(=O)c1ccc(CCNC(=O)COC(=O)c2ccccc2-c2nc3ccccc3s2)cc1. The first-order chi connectivity index (χ1) is 16.3. The summed E-state index contributed by atoms with van der Waals surface area (Å²) in [6.45, 7) is -0.120. The molecule has 1 heterocycles. The average Bonchev–Trinajstić information content (AvgIpc) is 3.26. The minimum atomic E-state index is -3.74. The number of rotatable bonds is 8. The fourth-order valence-electron chi connectivity index (χ4n) is 3.29. The van der Waals surface area contributed by atoms with Crippen molar-refractivity contribution in [3.05, 3.63) is 83.9 Å². The zero-order valence-electron chi connectivity index (χ0n) is 17.9. The second-order valence-electron chi connectivity index (χ2n) is 7.40. The highest BCUT2D eigenvalue weighted by molar-refractivity contribution is 7.89. The Balaban J connectivity index is 1.32. The third-order valence-corrected chi connectivity index (χ3v) is 6.99. The molecule has 0 aliphatic carbocycles. The van der Waals surface area contributed by atoms with Gasteiger partial charge in [-0.15, -0.1) is 11.3 Å². The van der Waals surface area contributed by atoms with E-state index in [0.29, 0.717) is 29.1 Å². The minimum absolute atomic E-state index is 0.0262. The molecule has 0 radical (unpaired) electrons. The van der Waals surface area contributed by atoms with E-state index < -0.39 is 28.5 Å². The largest absolute Gasteiger partial charge is 0.452 e. The predicted molar refractivity (Wildman–Crippen MR) is 130 cm³/mol. The lowest BCUT2D eigenvalue weighted by Gasteiger charge is -2.09. The van der Waals surface area contributed by atoms with Gasteiger partial charge >= 0.3 is 5.97 Å². The Kier molecular flexibility index (Phi) is 7.01. The van der Waals surface area contributed by atoms with Gasteiger partial charge in [0, 0.05) is 12.1 Å². The molecule has 174 valence electrons. The number of sulfonamides is 1. The summed E-state index contributed by atoms with van der Waals surface area (Å²) < 4.78 is 28.8. The molecular weight excluding hydrogens is 474 g/mol. The van der Waals surface area contributed by atoms with Crippen molar-refractivity contribution in [1.29, 1.82) is 0 Å². The van der Waals surface area contributed by atoms with Crippen LogP contribution < -0.4 is 10.5 Å². The number of hydrogen-bond acceptors (Lipinski definition) is 7. The number of fused-ring (bicyclic) bond motifs is 1. The van der Waals surface area contributed by atoms with Crippen LogP contribution in [-0.2, 0) is 26.0 Å². The van der Waals surface area contributed by atoms with Crippen LogP contribution in [-0.4, -0.2) is 38.4 Å². The first kappa shape index (κ1) is 23.6. The Morgan fingerprint density at radius 3 is 2.41 bits per heavy atom. The lowest BCUT2D eigenvalue weighted by molar-refractivity contribution is -0.124. The van der Waals surface area contributed by atoms with Gasteiger partial charge < -0.3 is 10.1 Å². The molecule has 8 nitrogen and oxygen atoms in total. The van der Waals surface area contributed by atoms with E-state index in [9.17, 15) is 18.0 Å². The smallest absolute Gasteiger partial charge is 0.339 e. The van der Waals surface area contributed by atoms with Crippen LogP contribution in [0.1, 0.15) is 15.9 Å². The quantitative estimate of drug-likeness (QED) is 0.362. The van der Waals surface area contributed by atoms with Crippen LogP contribution in [0.4, 0.5) is 0 Å². The maximum atomic E-state index is 12.7. The second kappa shape index (κ2) is 10.1. The maximum absolute atomic E-state index is 12.7. The number of benzene rings is 3. The molecule has 0 saturated carbocycles. The highest BCUT2D eigenvalue weighted by Gasteiger charge is 2.18. The number of thiazole rings is 1. The number of amides is 1. The van der Waals surface area contributed by atoms with Crippen molar-refractivity contribution in [3.8, 4) is 10.6 Å². The highest BCUT2D eigenvalue weighted by Crippen LogP contribution is 2.32. The molecule has 0 bridgehead atoms. The monoisotopic (exact) mass is 495 g/mol. The minimum Gasteiger partial charge on any atom is -0.452 e. The molecule has 4 rings (SSSR count). The summed E-state index contributed by atoms with van der Waals surface area (Å²) in [6.07, 6.45) is 0.477. The number of primary sulfonamides is 1. The first-order valence-corrected chi connectivity index (χ1v) is 12.7. The Bertz CT molecular complexity index is 1410. The molecule has 10 heteroatoms. The second-order valence-corrected chi connectivity index (χ2v) is 9.99. The number of para-hydroxylation sites is 1. The summed E-state index contributed by atoms with van der Waals surface area (Å²) in [5, 5.41) is 8.46. The normalized spacial score (nSPS) is 11.3. The number of nitrogens with one attached hydrogen (secondary N) is 1. The van der Waals surface area contributed by atoms with Gasteiger partial charge in [-0.2, -0.15) is 0 Å². The van der Waals surface area contributed by atoms with E-state index in [1.807, 2.05) is 30.3 Å². The van der Waals surface area contributed by atoms with Gasteiger partial charge in [-0.1, -0.05) is 42.5 Å². The number of carbonyl (C=O) groups excluding carboxylic acids is 2. The fraction of sp³-hybridized carbons (Fsp3) is 0.125. The number of nitrogens with two attached hydrogens (primary N) is 1. The van der Waals surface area contributed by atoms with E-state index in [4.69, 9.17) is 9.88 Å². The number of hydrogen-bond donors (Lipinski definition) is 2. The van der Waals surface area contributed by atoms with Crippen LogP contribution in [0.25, 0.3) is 20.8 Å². The average molecular weight is 496 g/mol. The van der Waals surface area contributed by atoms with Gasteiger partial charge in [-0.3, -0.25) is 4.79 Å². The van der Waals surface area contributed by atoms with Crippen LogP contribution in [0.3, 0.4) is 0 Å². The van der Waals surface area contributed by atoms with E-state index in [1.165, 1.54) is 23.5 Å². The molecule has 0 aliphatic heterocycles. The van der Waals surface area contributed by atoms with Crippen molar-refractivity contribution < 1.29 is 22.7 Å². The molecule has 0 fully saturated rings. The van der Waals surface area contributed by atoms with Crippen molar-refractivity contribution >= 4 is 43.5 Å².